The average Bonchev–Trinajstić information content (AvgIpc) is 2.69. The van der Waals surface area contributed by atoms with Gasteiger partial charge in [0.05, 0.1) is 19.1 Å². The van der Waals surface area contributed by atoms with Crippen molar-refractivity contribution in [2.45, 2.75) is 11.8 Å². The summed E-state index contributed by atoms with van der Waals surface area (Å²) in [7, 11) is -0.338. The first kappa shape index (κ1) is 20.8. The number of methoxy groups -OCH3 is 2. The standard InChI is InChI=1S/C22H20F2O4S/c1-13-21(27-2)9-15(10-22(13)28-3)18-12-20(24)19(23)11-17(18)14-5-7-16(8-6-14)29(4,25)26/h5-12H,1-4H3. The summed E-state index contributed by atoms with van der Waals surface area (Å²) in [5, 5.41) is 0. The second kappa shape index (κ2) is 7.83. The SMILES string of the molecule is COc1cc(-c2cc(F)c(F)cc2-c2ccc(S(C)(=O)=O)cc2)cc(OC)c1C. The van der Waals surface area contributed by atoms with E-state index in [4.69, 9.17) is 9.47 Å². The number of rotatable bonds is 5. The molecule has 0 spiro atoms. The molecule has 0 bridgehead atoms. The molecule has 3 aromatic carbocycles. The lowest BCUT2D eigenvalue weighted by Gasteiger charge is -2.16. The van der Waals surface area contributed by atoms with Crippen LogP contribution in [0.4, 0.5) is 8.78 Å². The summed E-state index contributed by atoms with van der Waals surface area (Å²) >= 11 is 0. The number of benzene rings is 3. The highest BCUT2D eigenvalue weighted by atomic mass is 32.2. The summed E-state index contributed by atoms with van der Waals surface area (Å²) < 4.78 is 62.4. The van der Waals surface area contributed by atoms with Gasteiger partial charge in [-0.1, -0.05) is 12.1 Å². The minimum Gasteiger partial charge on any atom is -0.496 e. The maximum absolute atomic E-state index is 14.1. The van der Waals surface area contributed by atoms with Gasteiger partial charge in [-0.05, 0) is 65.6 Å². The molecule has 0 saturated carbocycles. The van der Waals surface area contributed by atoms with Crippen LogP contribution < -0.4 is 9.47 Å². The van der Waals surface area contributed by atoms with E-state index in [1.54, 1.807) is 24.3 Å². The molecular weight excluding hydrogens is 398 g/mol. The van der Waals surface area contributed by atoms with Crippen LogP contribution in [0, 0.1) is 18.6 Å². The Balaban J connectivity index is 2.25. The van der Waals surface area contributed by atoms with Crippen molar-refractivity contribution in [1.82, 2.24) is 0 Å². The summed E-state index contributed by atoms with van der Waals surface area (Å²) in [4.78, 5) is 0.143. The molecule has 7 heteroatoms. The van der Waals surface area contributed by atoms with Crippen molar-refractivity contribution in [3.8, 4) is 33.8 Å². The Morgan fingerprint density at radius 2 is 1.21 bits per heavy atom. The second-order valence-corrected chi connectivity index (χ2v) is 8.63. The Kier molecular flexibility index (Phi) is 5.61. The molecule has 0 saturated heterocycles. The van der Waals surface area contributed by atoms with E-state index in [1.807, 2.05) is 6.92 Å². The van der Waals surface area contributed by atoms with Crippen molar-refractivity contribution in [3.05, 3.63) is 65.7 Å². The average molecular weight is 418 g/mol. The van der Waals surface area contributed by atoms with Gasteiger partial charge in [0.2, 0.25) is 0 Å². The van der Waals surface area contributed by atoms with E-state index < -0.39 is 21.5 Å². The van der Waals surface area contributed by atoms with E-state index in [1.165, 1.54) is 26.4 Å². The van der Waals surface area contributed by atoms with Gasteiger partial charge in [-0.25, -0.2) is 17.2 Å². The lowest BCUT2D eigenvalue weighted by molar-refractivity contribution is 0.389. The Bertz CT molecular complexity index is 1150. The number of halogens is 2. The van der Waals surface area contributed by atoms with Crippen LogP contribution >= 0.6 is 0 Å². The van der Waals surface area contributed by atoms with Gasteiger partial charge in [0, 0.05) is 11.8 Å². The highest BCUT2D eigenvalue weighted by Gasteiger charge is 2.17. The van der Waals surface area contributed by atoms with Crippen molar-refractivity contribution in [3.63, 3.8) is 0 Å². The maximum atomic E-state index is 14.1. The molecule has 0 radical (unpaired) electrons. The fraction of sp³-hybridized carbons (Fsp3) is 0.182. The van der Waals surface area contributed by atoms with Crippen molar-refractivity contribution < 1.29 is 26.7 Å². The monoisotopic (exact) mass is 418 g/mol. The van der Waals surface area contributed by atoms with Gasteiger partial charge in [-0.2, -0.15) is 0 Å². The van der Waals surface area contributed by atoms with Crippen molar-refractivity contribution in [1.29, 1.82) is 0 Å². The molecule has 0 N–H and O–H groups in total. The minimum absolute atomic E-state index is 0.143. The Labute approximate surface area is 168 Å². The smallest absolute Gasteiger partial charge is 0.175 e. The molecule has 152 valence electrons. The van der Waals surface area contributed by atoms with Gasteiger partial charge in [-0.15, -0.1) is 0 Å². The molecule has 0 fully saturated rings. The summed E-state index contributed by atoms with van der Waals surface area (Å²) in [6.07, 6.45) is 1.11. The summed E-state index contributed by atoms with van der Waals surface area (Å²) in [5.41, 5.74) is 2.74. The predicted molar refractivity (Wildman–Crippen MR) is 108 cm³/mol. The first-order chi connectivity index (χ1) is 13.7. The Morgan fingerprint density at radius 1 is 0.759 bits per heavy atom. The number of hydrogen-bond donors (Lipinski definition) is 0. The van der Waals surface area contributed by atoms with Crippen LogP contribution in [0.1, 0.15) is 5.56 Å². The van der Waals surface area contributed by atoms with E-state index in [2.05, 4.69) is 0 Å². The minimum atomic E-state index is -3.37. The van der Waals surface area contributed by atoms with Crippen LogP contribution in [-0.2, 0) is 9.84 Å². The lowest BCUT2D eigenvalue weighted by atomic mass is 9.93. The van der Waals surface area contributed by atoms with Crippen molar-refractivity contribution >= 4 is 9.84 Å². The fourth-order valence-corrected chi connectivity index (χ4v) is 3.78. The maximum Gasteiger partial charge on any atom is 0.175 e. The predicted octanol–water partition coefficient (Wildman–Crippen LogP) is 5.03. The van der Waals surface area contributed by atoms with Crippen LogP contribution in [0.2, 0.25) is 0 Å². The molecule has 0 unspecified atom stereocenters. The molecule has 0 heterocycles. The topological polar surface area (TPSA) is 52.6 Å². The fourth-order valence-electron chi connectivity index (χ4n) is 3.15. The van der Waals surface area contributed by atoms with E-state index in [0.717, 1.165) is 24.0 Å². The quantitative estimate of drug-likeness (QED) is 0.583. The highest BCUT2D eigenvalue weighted by Crippen LogP contribution is 2.39. The van der Waals surface area contributed by atoms with Crippen LogP contribution in [0.15, 0.2) is 53.4 Å². The molecule has 29 heavy (non-hydrogen) atoms. The van der Waals surface area contributed by atoms with E-state index in [9.17, 15) is 17.2 Å². The van der Waals surface area contributed by atoms with E-state index in [0.29, 0.717) is 33.8 Å². The molecule has 0 aromatic heterocycles. The third-order valence-corrected chi connectivity index (χ3v) is 5.85. The molecule has 3 aromatic rings. The van der Waals surface area contributed by atoms with Crippen LogP contribution in [0.25, 0.3) is 22.3 Å². The molecule has 0 amide bonds. The number of sulfone groups is 1. The van der Waals surface area contributed by atoms with Gasteiger partial charge in [0.1, 0.15) is 11.5 Å². The van der Waals surface area contributed by atoms with Gasteiger partial charge in [0.25, 0.3) is 0 Å². The highest BCUT2D eigenvalue weighted by molar-refractivity contribution is 7.90. The third-order valence-electron chi connectivity index (χ3n) is 4.72. The third kappa shape index (κ3) is 4.10. The van der Waals surface area contributed by atoms with Crippen LogP contribution in [-0.4, -0.2) is 28.9 Å². The second-order valence-electron chi connectivity index (χ2n) is 6.61. The molecule has 0 aliphatic rings. The van der Waals surface area contributed by atoms with E-state index in [-0.39, 0.29) is 4.90 Å². The van der Waals surface area contributed by atoms with Crippen molar-refractivity contribution in [2.24, 2.45) is 0 Å². The first-order valence-corrected chi connectivity index (χ1v) is 10.6. The summed E-state index contributed by atoms with van der Waals surface area (Å²) in [6, 6.07) is 11.7. The lowest BCUT2D eigenvalue weighted by Crippen LogP contribution is -1.98. The normalized spacial score (nSPS) is 11.4. The molecule has 0 atom stereocenters. The first-order valence-electron chi connectivity index (χ1n) is 8.68. The Hall–Kier alpha value is -2.93. The van der Waals surface area contributed by atoms with Gasteiger partial charge in [0.15, 0.2) is 21.5 Å². The zero-order valence-electron chi connectivity index (χ0n) is 16.4. The summed E-state index contributed by atoms with van der Waals surface area (Å²) in [5.74, 6) is -0.901. The van der Waals surface area contributed by atoms with Crippen LogP contribution in [0.5, 0.6) is 11.5 Å². The van der Waals surface area contributed by atoms with Gasteiger partial charge in [-0.3, -0.25) is 0 Å². The molecule has 4 nitrogen and oxygen atoms in total. The zero-order chi connectivity index (χ0) is 21.3. The summed E-state index contributed by atoms with van der Waals surface area (Å²) in [6.45, 7) is 1.83. The molecule has 0 aliphatic carbocycles. The molecule has 3 rings (SSSR count). The largest absolute Gasteiger partial charge is 0.496 e. The zero-order valence-corrected chi connectivity index (χ0v) is 17.2. The Morgan fingerprint density at radius 3 is 1.62 bits per heavy atom. The molecule has 0 aliphatic heterocycles. The number of ether oxygens (including phenoxy) is 2. The number of hydrogen-bond acceptors (Lipinski definition) is 4. The van der Waals surface area contributed by atoms with Crippen molar-refractivity contribution in [2.75, 3.05) is 20.5 Å². The molecular formula is C22H20F2O4S. The van der Waals surface area contributed by atoms with E-state index >= 15 is 0 Å². The van der Waals surface area contributed by atoms with Crippen LogP contribution in [0.3, 0.4) is 0 Å². The van der Waals surface area contributed by atoms with Gasteiger partial charge < -0.3 is 9.47 Å². The van der Waals surface area contributed by atoms with Gasteiger partial charge >= 0.3 is 0 Å².